The summed E-state index contributed by atoms with van der Waals surface area (Å²) in [5.41, 5.74) is 2.35. The van der Waals surface area contributed by atoms with Crippen LogP contribution in [0.5, 0.6) is 5.75 Å². The van der Waals surface area contributed by atoms with Crippen molar-refractivity contribution in [2.75, 3.05) is 0 Å². The molecule has 1 N–H and O–H groups in total. The van der Waals surface area contributed by atoms with E-state index in [-0.39, 0.29) is 11.6 Å². The molecule has 1 heterocycles. The molecule has 0 aliphatic heterocycles. The lowest BCUT2D eigenvalue weighted by Gasteiger charge is -2.00. The molecule has 106 valence electrons. The van der Waals surface area contributed by atoms with Gasteiger partial charge < -0.3 is 9.63 Å². The molecule has 3 aromatic rings. The van der Waals surface area contributed by atoms with Gasteiger partial charge >= 0.3 is 0 Å². The number of aryl methyl sites for hydroxylation is 1. The lowest BCUT2D eigenvalue weighted by molar-refractivity contribution is 0.426. The minimum Gasteiger partial charge on any atom is -0.507 e. The van der Waals surface area contributed by atoms with Gasteiger partial charge in [-0.25, -0.2) is 0 Å². The van der Waals surface area contributed by atoms with Gasteiger partial charge in [0.25, 0.3) is 5.89 Å². The Bertz CT molecular complexity index is 817. The number of halogens is 2. The Hall–Kier alpha value is -1.85. The molecule has 0 spiro atoms. The summed E-state index contributed by atoms with van der Waals surface area (Å²) < 4.78 is 6.19. The van der Waals surface area contributed by atoms with Crippen LogP contribution in [0, 0.1) is 6.92 Å². The molecule has 0 bridgehead atoms. The smallest absolute Gasteiger partial charge is 0.262 e. The Kier molecular flexibility index (Phi) is 3.69. The first-order valence-corrected chi connectivity index (χ1v) is 7.31. The maximum atomic E-state index is 9.85. The fourth-order valence-corrected chi connectivity index (χ4v) is 2.41. The zero-order valence-corrected chi connectivity index (χ0v) is 13.3. The van der Waals surface area contributed by atoms with E-state index in [4.69, 9.17) is 16.1 Å². The summed E-state index contributed by atoms with van der Waals surface area (Å²) in [6.45, 7) is 2.00. The Morgan fingerprint density at radius 1 is 1.19 bits per heavy atom. The van der Waals surface area contributed by atoms with Gasteiger partial charge in [0.2, 0.25) is 5.82 Å². The van der Waals surface area contributed by atoms with E-state index in [0.29, 0.717) is 16.4 Å². The fourth-order valence-electron chi connectivity index (χ4n) is 1.86. The van der Waals surface area contributed by atoms with Crippen LogP contribution >= 0.6 is 27.5 Å². The minimum atomic E-state index is 0.0414. The molecule has 0 saturated carbocycles. The zero-order chi connectivity index (χ0) is 15.0. The van der Waals surface area contributed by atoms with Crippen LogP contribution in [0.2, 0.25) is 5.02 Å². The van der Waals surface area contributed by atoms with Gasteiger partial charge in [-0.15, -0.1) is 0 Å². The predicted molar refractivity (Wildman–Crippen MR) is 84.3 cm³/mol. The standard InChI is InChI=1S/C15H10BrClN2O2/c1-8-2-3-9(6-12(8)16)14-18-15(21-19-14)11-7-10(17)4-5-13(11)20/h2-7,20H,1H3. The summed E-state index contributed by atoms with van der Waals surface area (Å²) in [5.74, 6) is 0.714. The first-order chi connectivity index (χ1) is 10.0. The van der Waals surface area contributed by atoms with Crippen LogP contribution in [0.3, 0.4) is 0 Å². The number of hydrogen-bond acceptors (Lipinski definition) is 4. The number of benzene rings is 2. The molecule has 21 heavy (non-hydrogen) atoms. The number of hydrogen-bond donors (Lipinski definition) is 1. The molecule has 2 aromatic carbocycles. The van der Waals surface area contributed by atoms with Gasteiger partial charge in [-0.2, -0.15) is 4.98 Å². The monoisotopic (exact) mass is 364 g/mol. The highest BCUT2D eigenvalue weighted by Gasteiger charge is 2.15. The third-order valence-corrected chi connectivity index (χ3v) is 4.13. The molecule has 3 rings (SSSR count). The van der Waals surface area contributed by atoms with Crippen molar-refractivity contribution in [3.8, 4) is 28.6 Å². The zero-order valence-electron chi connectivity index (χ0n) is 11.0. The SMILES string of the molecule is Cc1ccc(-c2noc(-c3cc(Cl)ccc3O)n2)cc1Br. The van der Waals surface area contributed by atoms with Crippen molar-refractivity contribution in [3.63, 3.8) is 0 Å². The second-order valence-corrected chi connectivity index (χ2v) is 5.84. The van der Waals surface area contributed by atoms with Gasteiger partial charge in [0.15, 0.2) is 0 Å². The highest BCUT2D eigenvalue weighted by Crippen LogP contribution is 2.32. The highest BCUT2D eigenvalue weighted by molar-refractivity contribution is 9.10. The number of aromatic nitrogens is 2. The van der Waals surface area contributed by atoms with Crippen molar-refractivity contribution < 1.29 is 9.63 Å². The average molecular weight is 366 g/mol. The van der Waals surface area contributed by atoms with Gasteiger partial charge in [-0.05, 0) is 36.8 Å². The molecule has 0 aliphatic rings. The second kappa shape index (κ2) is 5.50. The maximum absolute atomic E-state index is 9.85. The van der Waals surface area contributed by atoms with Gasteiger partial charge in [0, 0.05) is 15.1 Å². The molecule has 0 unspecified atom stereocenters. The van der Waals surface area contributed by atoms with Crippen molar-refractivity contribution >= 4 is 27.5 Å². The van der Waals surface area contributed by atoms with Crippen LogP contribution in [0.4, 0.5) is 0 Å². The highest BCUT2D eigenvalue weighted by atomic mass is 79.9. The number of aromatic hydroxyl groups is 1. The van der Waals surface area contributed by atoms with E-state index in [0.717, 1.165) is 15.6 Å². The van der Waals surface area contributed by atoms with Crippen molar-refractivity contribution in [2.45, 2.75) is 6.92 Å². The minimum absolute atomic E-state index is 0.0414. The van der Waals surface area contributed by atoms with Gasteiger partial charge in [0.1, 0.15) is 5.75 Å². The third kappa shape index (κ3) is 2.80. The maximum Gasteiger partial charge on any atom is 0.262 e. The summed E-state index contributed by atoms with van der Waals surface area (Å²) >= 11 is 9.39. The summed E-state index contributed by atoms with van der Waals surface area (Å²) in [4.78, 5) is 4.31. The topological polar surface area (TPSA) is 59.2 Å². The average Bonchev–Trinajstić information content (AvgIpc) is 2.94. The summed E-state index contributed by atoms with van der Waals surface area (Å²) in [6.07, 6.45) is 0. The van der Waals surface area contributed by atoms with Crippen LogP contribution in [-0.4, -0.2) is 15.2 Å². The van der Waals surface area contributed by atoms with Gasteiger partial charge in [-0.3, -0.25) is 0 Å². The van der Waals surface area contributed by atoms with Crippen molar-refractivity contribution in [2.24, 2.45) is 0 Å². The molecule has 4 nitrogen and oxygen atoms in total. The first kappa shape index (κ1) is 14.1. The van der Waals surface area contributed by atoms with E-state index in [9.17, 15) is 5.11 Å². The van der Waals surface area contributed by atoms with Crippen molar-refractivity contribution in [1.29, 1.82) is 0 Å². The number of phenols is 1. The molecule has 0 aliphatic carbocycles. The van der Waals surface area contributed by atoms with Crippen LogP contribution in [-0.2, 0) is 0 Å². The van der Waals surface area contributed by atoms with E-state index in [1.54, 1.807) is 12.1 Å². The summed E-state index contributed by atoms with van der Waals surface area (Å²) in [6, 6.07) is 10.5. The number of nitrogens with zero attached hydrogens (tertiary/aromatic N) is 2. The Morgan fingerprint density at radius 2 is 2.00 bits per heavy atom. The Morgan fingerprint density at radius 3 is 2.76 bits per heavy atom. The molecule has 6 heteroatoms. The molecule has 0 fully saturated rings. The van der Waals surface area contributed by atoms with Crippen molar-refractivity contribution in [3.05, 3.63) is 51.5 Å². The summed E-state index contributed by atoms with van der Waals surface area (Å²) in [5, 5.41) is 14.3. The van der Waals surface area contributed by atoms with Crippen LogP contribution in [0.15, 0.2) is 45.4 Å². The van der Waals surface area contributed by atoms with Crippen molar-refractivity contribution in [1.82, 2.24) is 10.1 Å². The number of phenolic OH excluding ortho intramolecular Hbond substituents is 1. The van der Waals surface area contributed by atoms with Crippen LogP contribution in [0.1, 0.15) is 5.56 Å². The molecule has 0 atom stereocenters. The lowest BCUT2D eigenvalue weighted by Crippen LogP contribution is -1.84. The second-order valence-electron chi connectivity index (χ2n) is 4.55. The Labute approximate surface area is 134 Å². The Balaban J connectivity index is 2.03. The van der Waals surface area contributed by atoms with Crippen LogP contribution < -0.4 is 0 Å². The van der Waals surface area contributed by atoms with E-state index >= 15 is 0 Å². The molecule has 0 amide bonds. The lowest BCUT2D eigenvalue weighted by atomic mass is 10.1. The van der Waals surface area contributed by atoms with E-state index in [2.05, 4.69) is 26.1 Å². The normalized spacial score (nSPS) is 10.8. The summed E-state index contributed by atoms with van der Waals surface area (Å²) in [7, 11) is 0. The molecule has 0 radical (unpaired) electrons. The van der Waals surface area contributed by atoms with Gasteiger partial charge in [0.05, 0.1) is 5.56 Å². The van der Waals surface area contributed by atoms with Gasteiger partial charge in [-0.1, -0.05) is 44.8 Å². The molecule has 1 aromatic heterocycles. The quantitative estimate of drug-likeness (QED) is 0.706. The first-order valence-electron chi connectivity index (χ1n) is 6.14. The van der Waals surface area contributed by atoms with E-state index in [1.165, 1.54) is 6.07 Å². The number of rotatable bonds is 2. The van der Waals surface area contributed by atoms with Crippen LogP contribution in [0.25, 0.3) is 22.8 Å². The largest absolute Gasteiger partial charge is 0.507 e. The van der Waals surface area contributed by atoms with E-state index < -0.39 is 0 Å². The molecular formula is C15H10BrClN2O2. The van der Waals surface area contributed by atoms with E-state index in [1.807, 2.05) is 25.1 Å². The predicted octanol–water partition coefficient (Wildman–Crippen LogP) is 4.83. The third-order valence-electron chi connectivity index (χ3n) is 3.05. The fraction of sp³-hybridized carbons (Fsp3) is 0.0667. The molecular weight excluding hydrogens is 356 g/mol. The molecule has 0 saturated heterocycles.